The number of hydrogen-bond acceptors (Lipinski definition) is 3. The van der Waals surface area contributed by atoms with Crippen LogP contribution < -0.4 is 4.74 Å². The number of benzene rings is 2. The Hall–Kier alpha value is -2.73. The van der Waals surface area contributed by atoms with Crippen molar-refractivity contribution in [2.75, 3.05) is 6.61 Å². The minimum atomic E-state index is -0.205. The van der Waals surface area contributed by atoms with E-state index in [1.165, 1.54) is 5.56 Å². The standard InChI is InChI=1S/C25H28O3/c1-6-27-23(26)16-20-11-8-18(9-12-20)7-10-19-13-14-22-21(15-19)24(2,3)17-25(4,5)28-22/h8-9,11-15H,6,16-17H2,1-5H3. The summed E-state index contributed by atoms with van der Waals surface area (Å²) in [6.07, 6.45) is 1.25. The van der Waals surface area contributed by atoms with Gasteiger partial charge in [-0.15, -0.1) is 0 Å². The highest BCUT2D eigenvalue weighted by atomic mass is 16.5. The number of carbonyl (C=O) groups is 1. The largest absolute Gasteiger partial charge is 0.488 e. The van der Waals surface area contributed by atoms with Crippen LogP contribution in [0.2, 0.25) is 0 Å². The van der Waals surface area contributed by atoms with Gasteiger partial charge in [-0.1, -0.05) is 37.8 Å². The monoisotopic (exact) mass is 376 g/mol. The highest BCUT2D eigenvalue weighted by Gasteiger charge is 2.38. The van der Waals surface area contributed by atoms with E-state index in [0.717, 1.165) is 28.9 Å². The highest BCUT2D eigenvalue weighted by Crippen LogP contribution is 2.44. The minimum Gasteiger partial charge on any atom is -0.488 e. The second-order valence-corrected chi connectivity index (χ2v) is 8.56. The molecule has 0 fully saturated rings. The van der Waals surface area contributed by atoms with Crippen molar-refractivity contribution in [1.82, 2.24) is 0 Å². The first kappa shape index (κ1) is 20.0. The summed E-state index contributed by atoms with van der Waals surface area (Å²) in [5.41, 5.74) is 3.92. The second kappa shape index (κ2) is 7.72. The Morgan fingerprint density at radius 2 is 1.68 bits per heavy atom. The van der Waals surface area contributed by atoms with Crippen LogP contribution in [0.3, 0.4) is 0 Å². The van der Waals surface area contributed by atoms with Crippen molar-refractivity contribution < 1.29 is 14.3 Å². The molecule has 0 N–H and O–H groups in total. The average molecular weight is 376 g/mol. The third-order valence-corrected chi connectivity index (χ3v) is 4.92. The summed E-state index contributed by atoms with van der Waals surface area (Å²) in [6, 6.07) is 13.9. The maximum Gasteiger partial charge on any atom is 0.310 e. The van der Waals surface area contributed by atoms with E-state index in [9.17, 15) is 4.79 Å². The number of esters is 1. The molecule has 0 saturated carbocycles. The summed E-state index contributed by atoms with van der Waals surface area (Å²) in [6.45, 7) is 11.0. The number of hydrogen-bond donors (Lipinski definition) is 0. The summed E-state index contributed by atoms with van der Waals surface area (Å²) in [5, 5.41) is 0. The third-order valence-electron chi connectivity index (χ3n) is 4.92. The van der Waals surface area contributed by atoms with Crippen molar-refractivity contribution in [1.29, 1.82) is 0 Å². The van der Waals surface area contributed by atoms with E-state index in [1.807, 2.05) is 43.3 Å². The van der Waals surface area contributed by atoms with Crippen LogP contribution in [0.1, 0.15) is 63.3 Å². The van der Waals surface area contributed by atoms with Crippen molar-refractivity contribution >= 4 is 5.97 Å². The fraction of sp³-hybridized carbons (Fsp3) is 0.400. The molecule has 3 rings (SSSR count). The minimum absolute atomic E-state index is 0.0452. The average Bonchev–Trinajstić information content (AvgIpc) is 2.60. The number of fused-ring (bicyclic) bond motifs is 1. The first-order valence-electron chi connectivity index (χ1n) is 9.79. The molecule has 0 saturated heterocycles. The zero-order valence-corrected chi connectivity index (χ0v) is 17.4. The highest BCUT2D eigenvalue weighted by molar-refractivity contribution is 5.72. The van der Waals surface area contributed by atoms with E-state index in [4.69, 9.17) is 9.47 Å². The van der Waals surface area contributed by atoms with Gasteiger partial charge in [0.1, 0.15) is 11.4 Å². The number of carbonyl (C=O) groups excluding carboxylic acids is 1. The molecule has 2 aromatic carbocycles. The normalized spacial score (nSPS) is 16.2. The molecule has 0 atom stereocenters. The van der Waals surface area contributed by atoms with E-state index in [-0.39, 0.29) is 23.4 Å². The van der Waals surface area contributed by atoms with Crippen LogP contribution in [-0.2, 0) is 21.4 Å². The Labute approximate surface area is 168 Å². The summed E-state index contributed by atoms with van der Waals surface area (Å²) >= 11 is 0. The van der Waals surface area contributed by atoms with Crippen LogP contribution in [0, 0.1) is 11.8 Å². The molecular formula is C25H28O3. The summed E-state index contributed by atoms with van der Waals surface area (Å²) < 4.78 is 11.1. The van der Waals surface area contributed by atoms with E-state index >= 15 is 0 Å². The molecule has 3 nitrogen and oxygen atoms in total. The van der Waals surface area contributed by atoms with Crippen molar-refractivity contribution in [3.63, 3.8) is 0 Å². The molecule has 0 spiro atoms. The maximum absolute atomic E-state index is 11.6. The van der Waals surface area contributed by atoms with Crippen LogP contribution in [0.4, 0.5) is 0 Å². The van der Waals surface area contributed by atoms with Gasteiger partial charge in [0.2, 0.25) is 0 Å². The fourth-order valence-electron chi connectivity index (χ4n) is 3.95. The van der Waals surface area contributed by atoms with Crippen molar-refractivity contribution in [2.24, 2.45) is 0 Å². The zero-order valence-electron chi connectivity index (χ0n) is 17.4. The third kappa shape index (κ3) is 4.75. The van der Waals surface area contributed by atoms with Gasteiger partial charge in [-0.05, 0) is 68.5 Å². The van der Waals surface area contributed by atoms with Gasteiger partial charge in [0.25, 0.3) is 0 Å². The van der Waals surface area contributed by atoms with Crippen LogP contribution in [0.5, 0.6) is 5.75 Å². The predicted octanol–water partition coefficient (Wildman–Crippen LogP) is 5.03. The molecule has 1 heterocycles. The molecule has 1 aliphatic heterocycles. The molecule has 0 aliphatic carbocycles. The Morgan fingerprint density at radius 1 is 1.04 bits per heavy atom. The summed E-state index contributed by atoms with van der Waals surface area (Å²) in [5.74, 6) is 7.21. The number of ether oxygens (including phenoxy) is 2. The van der Waals surface area contributed by atoms with E-state index in [0.29, 0.717) is 6.61 Å². The van der Waals surface area contributed by atoms with Crippen molar-refractivity contribution in [3.8, 4) is 17.6 Å². The first-order valence-corrected chi connectivity index (χ1v) is 9.79. The molecule has 1 aliphatic rings. The molecule has 0 radical (unpaired) electrons. The van der Waals surface area contributed by atoms with Gasteiger partial charge in [-0.25, -0.2) is 0 Å². The molecular weight excluding hydrogens is 348 g/mol. The smallest absolute Gasteiger partial charge is 0.310 e. The lowest BCUT2D eigenvalue weighted by Gasteiger charge is -2.42. The molecule has 2 aromatic rings. The van der Waals surface area contributed by atoms with E-state index in [1.54, 1.807) is 0 Å². The second-order valence-electron chi connectivity index (χ2n) is 8.56. The van der Waals surface area contributed by atoms with Crippen molar-refractivity contribution in [3.05, 3.63) is 64.7 Å². The van der Waals surface area contributed by atoms with Gasteiger partial charge in [0, 0.05) is 16.7 Å². The lowest BCUT2D eigenvalue weighted by Crippen LogP contribution is -2.41. The van der Waals surface area contributed by atoms with Gasteiger partial charge >= 0.3 is 5.97 Å². The Balaban J connectivity index is 1.77. The van der Waals surface area contributed by atoms with E-state index < -0.39 is 0 Å². The first-order chi connectivity index (χ1) is 13.2. The lowest BCUT2D eigenvalue weighted by atomic mass is 9.73. The van der Waals surface area contributed by atoms with Crippen LogP contribution in [-0.4, -0.2) is 18.2 Å². The van der Waals surface area contributed by atoms with Crippen LogP contribution >= 0.6 is 0 Å². The van der Waals surface area contributed by atoms with Crippen LogP contribution in [0.25, 0.3) is 0 Å². The van der Waals surface area contributed by atoms with Gasteiger partial charge in [0.05, 0.1) is 13.0 Å². The Bertz CT molecular complexity index is 925. The number of rotatable bonds is 3. The topological polar surface area (TPSA) is 35.5 Å². The SMILES string of the molecule is CCOC(=O)Cc1ccc(C#Cc2ccc3c(c2)C(C)(C)CC(C)(C)O3)cc1. The Kier molecular flexibility index (Phi) is 5.52. The molecule has 0 aromatic heterocycles. The van der Waals surface area contributed by atoms with Crippen molar-refractivity contribution in [2.45, 2.75) is 58.5 Å². The van der Waals surface area contributed by atoms with Gasteiger partial charge in [0.15, 0.2) is 0 Å². The molecule has 0 unspecified atom stereocenters. The summed E-state index contributed by atoms with van der Waals surface area (Å²) in [7, 11) is 0. The quantitative estimate of drug-likeness (QED) is 0.557. The summed E-state index contributed by atoms with van der Waals surface area (Å²) in [4.78, 5) is 11.6. The molecule has 28 heavy (non-hydrogen) atoms. The zero-order chi connectivity index (χ0) is 20.4. The predicted molar refractivity (Wildman–Crippen MR) is 112 cm³/mol. The molecule has 0 amide bonds. The molecule has 3 heteroatoms. The van der Waals surface area contributed by atoms with Gasteiger partial charge in [-0.3, -0.25) is 4.79 Å². The van der Waals surface area contributed by atoms with Gasteiger partial charge < -0.3 is 9.47 Å². The fourth-order valence-corrected chi connectivity index (χ4v) is 3.95. The molecule has 0 bridgehead atoms. The lowest BCUT2D eigenvalue weighted by molar-refractivity contribution is -0.142. The van der Waals surface area contributed by atoms with Crippen LogP contribution in [0.15, 0.2) is 42.5 Å². The Morgan fingerprint density at radius 3 is 2.36 bits per heavy atom. The molecule has 146 valence electrons. The van der Waals surface area contributed by atoms with Gasteiger partial charge in [-0.2, -0.15) is 0 Å². The van der Waals surface area contributed by atoms with E-state index in [2.05, 4.69) is 45.6 Å². The maximum atomic E-state index is 11.6.